The van der Waals surface area contributed by atoms with Gasteiger partial charge in [0, 0.05) is 27.8 Å². The van der Waals surface area contributed by atoms with Crippen LogP contribution in [0.1, 0.15) is 49.9 Å². The van der Waals surface area contributed by atoms with Crippen LogP contribution in [0.5, 0.6) is 0 Å². The Labute approximate surface area is 310 Å². The number of hydrogen-bond donors (Lipinski definition) is 0. The molecule has 0 atom stereocenters. The molecule has 2 aliphatic carbocycles. The fraction of sp³-hybridized carbons (Fsp3) is 0.115. The molecule has 53 heavy (non-hydrogen) atoms. The predicted molar refractivity (Wildman–Crippen MR) is 226 cm³/mol. The van der Waals surface area contributed by atoms with Gasteiger partial charge in [-0.05, 0) is 112 Å². The maximum absolute atomic E-state index is 2.55. The molecule has 252 valence electrons. The SMILES string of the molecule is CC1(C)c2ccccc2-c2ccc(N(c3ccc4c5ccccc5c5ccccc5c4c3)c3ccc4cccc5c4c3-c3ccccc3C5(C)C)cc21. The minimum Gasteiger partial charge on any atom is -0.310 e. The first kappa shape index (κ1) is 30.4. The third-order valence-electron chi connectivity index (χ3n) is 12.6. The normalized spacial score (nSPS) is 14.7. The molecule has 0 bridgehead atoms. The summed E-state index contributed by atoms with van der Waals surface area (Å²) in [6, 6.07) is 61.7. The van der Waals surface area contributed by atoms with E-state index >= 15 is 0 Å². The molecular formula is C52H39N. The van der Waals surface area contributed by atoms with Crippen molar-refractivity contribution in [3.05, 3.63) is 186 Å². The molecule has 0 aromatic heterocycles. The number of rotatable bonds is 3. The smallest absolute Gasteiger partial charge is 0.0546 e. The molecule has 0 fully saturated rings. The van der Waals surface area contributed by atoms with Crippen molar-refractivity contribution in [1.29, 1.82) is 0 Å². The van der Waals surface area contributed by atoms with Crippen LogP contribution in [0, 0.1) is 0 Å². The first-order chi connectivity index (χ1) is 25.8. The van der Waals surface area contributed by atoms with Gasteiger partial charge in [-0.15, -0.1) is 0 Å². The Morgan fingerprint density at radius 2 is 0.868 bits per heavy atom. The van der Waals surface area contributed by atoms with Crippen LogP contribution in [-0.2, 0) is 10.8 Å². The van der Waals surface area contributed by atoms with Crippen molar-refractivity contribution < 1.29 is 0 Å². The molecule has 0 spiro atoms. The molecule has 0 heterocycles. The van der Waals surface area contributed by atoms with E-state index in [0.29, 0.717) is 0 Å². The van der Waals surface area contributed by atoms with Crippen molar-refractivity contribution in [3.63, 3.8) is 0 Å². The van der Waals surface area contributed by atoms with Crippen LogP contribution < -0.4 is 4.90 Å². The number of anilines is 3. The first-order valence-corrected chi connectivity index (χ1v) is 18.9. The summed E-state index contributed by atoms with van der Waals surface area (Å²) < 4.78 is 0. The zero-order valence-electron chi connectivity index (χ0n) is 30.5. The Hall–Kier alpha value is -6.18. The van der Waals surface area contributed by atoms with Crippen LogP contribution in [0.2, 0.25) is 0 Å². The highest BCUT2D eigenvalue weighted by atomic mass is 15.1. The van der Waals surface area contributed by atoms with Gasteiger partial charge in [-0.1, -0.05) is 161 Å². The minimum atomic E-state index is -0.126. The molecule has 0 unspecified atom stereocenters. The van der Waals surface area contributed by atoms with Crippen LogP contribution in [0.4, 0.5) is 17.1 Å². The van der Waals surface area contributed by atoms with E-state index in [1.165, 1.54) is 99.0 Å². The molecule has 0 radical (unpaired) electrons. The second-order valence-electron chi connectivity index (χ2n) is 16.1. The minimum absolute atomic E-state index is 0.118. The lowest BCUT2D eigenvalue weighted by Crippen LogP contribution is -2.24. The number of nitrogens with zero attached hydrogens (tertiary/aromatic N) is 1. The molecular weight excluding hydrogens is 639 g/mol. The fourth-order valence-electron chi connectivity index (χ4n) is 10.0. The Bertz CT molecular complexity index is 2980. The summed E-state index contributed by atoms with van der Waals surface area (Å²) in [6.45, 7) is 9.52. The van der Waals surface area contributed by atoms with Gasteiger partial charge >= 0.3 is 0 Å². The van der Waals surface area contributed by atoms with E-state index in [1.807, 2.05) is 0 Å². The van der Waals surface area contributed by atoms with Crippen molar-refractivity contribution in [1.82, 2.24) is 0 Å². The zero-order chi connectivity index (χ0) is 35.6. The third-order valence-corrected chi connectivity index (χ3v) is 12.6. The van der Waals surface area contributed by atoms with Crippen LogP contribution in [0.25, 0.3) is 65.3 Å². The van der Waals surface area contributed by atoms with Gasteiger partial charge in [-0.25, -0.2) is 0 Å². The summed E-state index contributed by atoms with van der Waals surface area (Å²) in [4.78, 5) is 2.55. The van der Waals surface area contributed by atoms with Gasteiger partial charge in [-0.3, -0.25) is 0 Å². The Balaban J connectivity index is 1.25. The summed E-state index contributed by atoms with van der Waals surface area (Å²) in [5.41, 5.74) is 14.1. The predicted octanol–water partition coefficient (Wildman–Crippen LogP) is 14.4. The monoisotopic (exact) mass is 677 g/mol. The molecule has 9 aromatic carbocycles. The van der Waals surface area contributed by atoms with Crippen LogP contribution in [0.3, 0.4) is 0 Å². The first-order valence-electron chi connectivity index (χ1n) is 18.9. The van der Waals surface area contributed by atoms with Gasteiger partial charge in [-0.2, -0.15) is 0 Å². The highest BCUT2D eigenvalue weighted by molar-refractivity contribution is 6.26. The van der Waals surface area contributed by atoms with E-state index in [0.717, 1.165) is 5.69 Å². The molecule has 1 heteroatoms. The van der Waals surface area contributed by atoms with Crippen molar-refractivity contribution >= 4 is 60.2 Å². The summed E-state index contributed by atoms with van der Waals surface area (Å²) in [5, 5.41) is 10.3. The van der Waals surface area contributed by atoms with Gasteiger partial charge in [0.1, 0.15) is 0 Å². The van der Waals surface area contributed by atoms with E-state index in [1.54, 1.807) is 0 Å². The maximum atomic E-state index is 2.55. The molecule has 0 aliphatic heterocycles. The summed E-state index contributed by atoms with van der Waals surface area (Å²) in [5.74, 6) is 0. The zero-order valence-corrected chi connectivity index (χ0v) is 30.5. The van der Waals surface area contributed by atoms with Gasteiger partial charge in [0.25, 0.3) is 0 Å². The van der Waals surface area contributed by atoms with Gasteiger partial charge in [0.15, 0.2) is 0 Å². The van der Waals surface area contributed by atoms with E-state index in [9.17, 15) is 0 Å². The molecule has 1 nitrogen and oxygen atoms in total. The van der Waals surface area contributed by atoms with Crippen molar-refractivity contribution in [2.24, 2.45) is 0 Å². The number of benzene rings is 9. The molecule has 9 aromatic rings. The fourth-order valence-corrected chi connectivity index (χ4v) is 10.0. The van der Waals surface area contributed by atoms with Crippen LogP contribution >= 0.6 is 0 Å². The molecule has 2 aliphatic rings. The van der Waals surface area contributed by atoms with Gasteiger partial charge < -0.3 is 4.90 Å². The lowest BCUT2D eigenvalue weighted by atomic mass is 9.68. The second kappa shape index (κ2) is 10.7. The summed E-state index contributed by atoms with van der Waals surface area (Å²) in [7, 11) is 0. The molecule has 0 saturated heterocycles. The lowest BCUT2D eigenvalue weighted by molar-refractivity contribution is 0.645. The largest absolute Gasteiger partial charge is 0.310 e. The summed E-state index contributed by atoms with van der Waals surface area (Å²) in [6.07, 6.45) is 0. The molecule has 11 rings (SSSR count). The van der Waals surface area contributed by atoms with Crippen LogP contribution in [-0.4, -0.2) is 0 Å². The van der Waals surface area contributed by atoms with Crippen molar-refractivity contribution in [3.8, 4) is 22.3 Å². The maximum Gasteiger partial charge on any atom is 0.0546 e. The van der Waals surface area contributed by atoms with Crippen LogP contribution in [0.15, 0.2) is 164 Å². The Morgan fingerprint density at radius 1 is 0.358 bits per heavy atom. The molecule has 0 saturated carbocycles. The third kappa shape index (κ3) is 4.08. The number of fused-ring (bicyclic) bond motifs is 11. The van der Waals surface area contributed by atoms with E-state index in [2.05, 4.69) is 196 Å². The molecule has 0 amide bonds. The quantitative estimate of drug-likeness (QED) is 0.168. The molecule has 0 N–H and O–H groups in total. The highest BCUT2D eigenvalue weighted by Crippen LogP contribution is 2.55. The topological polar surface area (TPSA) is 3.24 Å². The van der Waals surface area contributed by atoms with E-state index < -0.39 is 0 Å². The van der Waals surface area contributed by atoms with E-state index in [4.69, 9.17) is 0 Å². The average molecular weight is 678 g/mol. The highest BCUT2D eigenvalue weighted by Gasteiger charge is 2.38. The lowest BCUT2D eigenvalue weighted by Gasteiger charge is -2.38. The second-order valence-corrected chi connectivity index (χ2v) is 16.1. The van der Waals surface area contributed by atoms with Crippen molar-refractivity contribution in [2.45, 2.75) is 38.5 Å². The average Bonchev–Trinajstić information content (AvgIpc) is 3.43. The summed E-state index contributed by atoms with van der Waals surface area (Å²) >= 11 is 0. The van der Waals surface area contributed by atoms with Gasteiger partial charge in [0.2, 0.25) is 0 Å². The standard InChI is InChI=1S/C52H39N/c1-51(2)45-22-12-10-20-42(45)50-48(29-24-32-14-13-23-46(51)49(32)50)53(34-26-28-41-40-19-9-11-21-44(40)52(3,4)47(41)31-34)33-25-27-39-37-17-6-5-15-35(37)36-16-7-8-18-38(36)43(39)30-33/h5-31H,1-4H3. The van der Waals surface area contributed by atoms with Crippen molar-refractivity contribution in [2.75, 3.05) is 4.90 Å². The van der Waals surface area contributed by atoms with E-state index in [-0.39, 0.29) is 10.8 Å². The Morgan fingerprint density at radius 3 is 1.58 bits per heavy atom. The number of hydrogen-bond acceptors (Lipinski definition) is 1. The Kier molecular flexibility index (Phi) is 6.14. The van der Waals surface area contributed by atoms with Gasteiger partial charge in [0.05, 0.1) is 5.69 Å².